The average molecular weight is 145 g/mol. The van der Waals surface area contributed by atoms with Gasteiger partial charge in [-0.05, 0) is 5.30 Å². The van der Waals surface area contributed by atoms with Crippen LogP contribution >= 0.6 is 19.2 Å². The molecule has 0 heterocycles. The van der Waals surface area contributed by atoms with Crippen molar-refractivity contribution in [3.8, 4) is 0 Å². The molecule has 0 nitrogen and oxygen atoms in total. The van der Waals surface area contributed by atoms with E-state index in [0.717, 1.165) is 0 Å². The first-order valence-electron chi connectivity index (χ1n) is 2.35. The molecule has 1 unspecified atom stereocenters. The molecule has 1 rings (SSSR count). The zero-order valence-corrected chi connectivity index (χ0v) is 6.02. The Morgan fingerprint density at radius 2 is 1.75 bits per heavy atom. The summed E-state index contributed by atoms with van der Waals surface area (Å²) in [7, 11) is 0.402. The van der Waals surface area contributed by atoms with Crippen LogP contribution in [0.25, 0.3) is 0 Å². The van der Waals surface area contributed by atoms with Gasteiger partial charge < -0.3 is 0 Å². The summed E-state index contributed by atoms with van der Waals surface area (Å²) in [6.07, 6.45) is 0. The molecule has 0 fully saturated rings. The molecular formula is C6H6ClP. The molecule has 0 radical (unpaired) electrons. The van der Waals surface area contributed by atoms with E-state index in [-0.39, 0.29) is 0 Å². The van der Waals surface area contributed by atoms with E-state index in [0.29, 0.717) is 7.93 Å². The minimum atomic E-state index is 0.402. The number of hydrogen-bond donors (Lipinski definition) is 0. The van der Waals surface area contributed by atoms with Gasteiger partial charge in [0.05, 0.1) is 0 Å². The number of benzene rings is 1. The Kier molecular flexibility index (Phi) is 2.32. The monoisotopic (exact) mass is 144 g/mol. The Hall–Kier alpha value is -0.0600. The lowest BCUT2D eigenvalue weighted by molar-refractivity contribution is 1.78. The Labute approximate surface area is 55.4 Å². The zero-order valence-electron chi connectivity index (χ0n) is 4.26. The molecule has 0 bridgehead atoms. The zero-order chi connectivity index (χ0) is 5.82. The minimum absolute atomic E-state index is 0.402. The predicted molar refractivity (Wildman–Crippen MR) is 40.2 cm³/mol. The maximum absolute atomic E-state index is 5.55. The number of halogens is 1. The molecule has 0 saturated carbocycles. The van der Waals surface area contributed by atoms with Crippen LogP contribution in [0.4, 0.5) is 0 Å². The molecule has 42 valence electrons. The van der Waals surface area contributed by atoms with Crippen molar-refractivity contribution in [2.24, 2.45) is 0 Å². The highest BCUT2D eigenvalue weighted by atomic mass is 35.7. The van der Waals surface area contributed by atoms with Crippen molar-refractivity contribution in [3.63, 3.8) is 0 Å². The van der Waals surface area contributed by atoms with Crippen LogP contribution in [0.5, 0.6) is 0 Å². The molecule has 0 N–H and O–H groups in total. The highest BCUT2D eigenvalue weighted by Gasteiger charge is 1.81. The fourth-order valence-electron chi connectivity index (χ4n) is 0.501. The van der Waals surface area contributed by atoms with Gasteiger partial charge in [0.25, 0.3) is 0 Å². The van der Waals surface area contributed by atoms with Crippen LogP contribution < -0.4 is 5.30 Å². The van der Waals surface area contributed by atoms with Crippen molar-refractivity contribution in [2.75, 3.05) is 0 Å². The fraction of sp³-hybridized carbons (Fsp3) is 0. The van der Waals surface area contributed by atoms with Crippen LogP contribution in [-0.4, -0.2) is 0 Å². The van der Waals surface area contributed by atoms with E-state index in [9.17, 15) is 0 Å². The second-order valence-electron chi connectivity index (χ2n) is 1.46. The van der Waals surface area contributed by atoms with Crippen LogP contribution in [0.2, 0.25) is 0 Å². The lowest BCUT2D eigenvalue weighted by Gasteiger charge is -1.87. The van der Waals surface area contributed by atoms with Gasteiger partial charge in [0.15, 0.2) is 0 Å². The Balaban J connectivity index is 2.83. The van der Waals surface area contributed by atoms with Crippen molar-refractivity contribution < 1.29 is 0 Å². The largest absolute Gasteiger partial charge is 0.0948 e. The van der Waals surface area contributed by atoms with Gasteiger partial charge in [0.1, 0.15) is 0 Å². The van der Waals surface area contributed by atoms with Crippen molar-refractivity contribution in [3.05, 3.63) is 30.3 Å². The van der Waals surface area contributed by atoms with E-state index < -0.39 is 0 Å². The van der Waals surface area contributed by atoms with Gasteiger partial charge in [0.2, 0.25) is 0 Å². The van der Waals surface area contributed by atoms with Crippen LogP contribution in [0.15, 0.2) is 30.3 Å². The first kappa shape index (κ1) is 6.07. The molecule has 0 saturated heterocycles. The third-order valence-corrected chi connectivity index (χ3v) is 2.09. The van der Waals surface area contributed by atoms with Crippen LogP contribution in [0.1, 0.15) is 0 Å². The first-order valence-corrected chi connectivity index (χ1v) is 4.36. The highest BCUT2D eigenvalue weighted by molar-refractivity contribution is 7.74. The van der Waals surface area contributed by atoms with Gasteiger partial charge >= 0.3 is 0 Å². The molecular weight excluding hydrogens is 138 g/mol. The first-order chi connectivity index (χ1) is 3.93. The van der Waals surface area contributed by atoms with Crippen molar-refractivity contribution >= 4 is 24.5 Å². The summed E-state index contributed by atoms with van der Waals surface area (Å²) in [4.78, 5) is 0. The summed E-state index contributed by atoms with van der Waals surface area (Å²) in [6.45, 7) is 0. The standard InChI is InChI=1S/C6H6ClP/c7-8-6-4-2-1-3-5-6/h1-5,8H. The van der Waals surface area contributed by atoms with E-state index in [1.165, 1.54) is 5.30 Å². The van der Waals surface area contributed by atoms with E-state index >= 15 is 0 Å². The number of hydrogen-bond acceptors (Lipinski definition) is 0. The maximum atomic E-state index is 5.55. The summed E-state index contributed by atoms with van der Waals surface area (Å²) in [6, 6.07) is 10.0. The molecule has 2 heteroatoms. The van der Waals surface area contributed by atoms with Crippen LogP contribution in [0.3, 0.4) is 0 Å². The Bertz CT molecular complexity index is 150. The SMILES string of the molecule is ClPc1ccccc1. The van der Waals surface area contributed by atoms with Gasteiger partial charge in [-0.25, -0.2) is 0 Å². The lowest BCUT2D eigenvalue weighted by atomic mass is 10.4. The molecule has 0 aliphatic carbocycles. The molecule has 0 amide bonds. The fourth-order valence-corrected chi connectivity index (χ4v) is 1.20. The number of rotatable bonds is 1. The Morgan fingerprint density at radius 3 is 2.12 bits per heavy atom. The highest BCUT2D eigenvalue weighted by Crippen LogP contribution is 2.13. The van der Waals surface area contributed by atoms with E-state index in [2.05, 4.69) is 0 Å². The van der Waals surface area contributed by atoms with Crippen molar-refractivity contribution in [2.45, 2.75) is 0 Å². The van der Waals surface area contributed by atoms with Gasteiger partial charge in [-0.2, -0.15) is 0 Å². The summed E-state index contributed by atoms with van der Waals surface area (Å²) in [5.41, 5.74) is 0. The molecule has 0 aromatic heterocycles. The van der Waals surface area contributed by atoms with Crippen LogP contribution in [0, 0.1) is 0 Å². The maximum Gasteiger partial charge on any atom is 0.00659 e. The average Bonchev–Trinajstić information content (AvgIpc) is 1.90. The van der Waals surface area contributed by atoms with Gasteiger partial charge in [-0.15, -0.1) is 0 Å². The molecule has 0 aliphatic heterocycles. The van der Waals surface area contributed by atoms with Crippen molar-refractivity contribution in [1.82, 2.24) is 0 Å². The van der Waals surface area contributed by atoms with Crippen LogP contribution in [-0.2, 0) is 0 Å². The van der Waals surface area contributed by atoms with Gasteiger partial charge in [0, 0.05) is 7.93 Å². The topological polar surface area (TPSA) is 0 Å². The third-order valence-electron chi connectivity index (χ3n) is 0.883. The predicted octanol–water partition coefficient (Wildman–Crippen LogP) is 2.14. The Morgan fingerprint density at radius 1 is 1.12 bits per heavy atom. The van der Waals surface area contributed by atoms with E-state index in [1.807, 2.05) is 30.3 Å². The normalized spacial score (nSPS) is 10.6. The minimum Gasteiger partial charge on any atom is -0.0948 e. The molecule has 1 aromatic rings. The molecule has 1 aromatic carbocycles. The van der Waals surface area contributed by atoms with Gasteiger partial charge in [-0.1, -0.05) is 41.6 Å². The summed E-state index contributed by atoms with van der Waals surface area (Å²) in [5.74, 6) is 0. The summed E-state index contributed by atoms with van der Waals surface area (Å²) < 4.78 is 0. The third kappa shape index (κ3) is 1.47. The summed E-state index contributed by atoms with van der Waals surface area (Å²) in [5, 5.41) is 1.20. The van der Waals surface area contributed by atoms with E-state index in [4.69, 9.17) is 11.2 Å². The molecule has 8 heavy (non-hydrogen) atoms. The smallest absolute Gasteiger partial charge is 0.00659 e. The van der Waals surface area contributed by atoms with Crippen molar-refractivity contribution in [1.29, 1.82) is 0 Å². The quantitative estimate of drug-likeness (QED) is 0.530. The second-order valence-corrected chi connectivity index (χ2v) is 2.79. The molecule has 1 atom stereocenters. The lowest BCUT2D eigenvalue weighted by Crippen LogP contribution is -1.85. The van der Waals surface area contributed by atoms with Gasteiger partial charge in [-0.3, -0.25) is 0 Å². The second kappa shape index (κ2) is 3.06. The molecule has 0 spiro atoms. The molecule has 0 aliphatic rings. The van der Waals surface area contributed by atoms with E-state index in [1.54, 1.807) is 0 Å². The summed E-state index contributed by atoms with van der Waals surface area (Å²) >= 11 is 5.55.